The topological polar surface area (TPSA) is 72.6 Å². The number of Topliss-reactive ketones (excluding diaryl/α,β-unsaturated/α-hetero) is 1. The predicted molar refractivity (Wildman–Crippen MR) is 121 cm³/mol. The summed E-state index contributed by atoms with van der Waals surface area (Å²) < 4.78 is 7.92. The lowest BCUT2D eigenvalue weighted by molar-refractivity contribution is -0.119. The number of hydrogen-bond acceptors (Lipinski definition) is 6. The van der Waals surface area contributed by atoms with Crippen LogP contribution in [0.15, 0.2) is 59.7 Å². The second kappa shape index (κ2) is 8.67. The Labute approximate surface area is 181 Å². The van der Waals surface area contributed by atoms with E-state index in [0.717, 1.165) is 43.3 Å². The maximum absolute atomic E-state index is 12.6. The smallest absolute Gasteiger partial charge is 0.351 e. The van der Waals surface area contributed by atoms with Crippen molar-refractivity contribution in [3.8, 4) is 11.4 Å². The molecule has 3 aromatic rings. The number of carbonyl (C=O) groups excluding carboxylic acids is 1. The first-order valence-corrected chi connectivity index (χ1v) is 10.4. The van der Waals surface area contributed by atoms with Gasteiger partial charge in [0.15, 0.2) is 5.78 Å². The number of ketones is 1. The summed E-state index contributed by atoms with van der Waals surface area (Å²) in [6.07, 6.45) is 1.46. The average Bonchev–Trinajstić information content (AvgIpc) is 3.20. The molecule has 4 rings (SSSR count). The van der Waals surface area contributed by atoms with Gasteiger partial charge < -0.3 is 14.5 Å². The number of hydrogen-bond donors (Lipinski definition) is 0. The van der Waals surface area contributed by atoms with Gasteiger partial charge in [-0.05, 0) is 62.4 Å². The second-order valence-electron chi connectivity index (χ2n) is 7.70. The van der Waals surface area contributed by atoms with Gasteiger partial charge in [-0.3, -0.25) is 4.79 Å². The minimum Gasteiger partial charge on any atom is -0.497 e. The molecule has 2 aromatic carbocycles. The zero-order valence-electron chi connectivity index (χ0n) is 18.1. The van der Waals surface area contributed by atoms with Gasteiger partial charge in [-0.25, -0.2) is 14.0 Å². The third-order valence-electron chi connectivity index (χ3n) is 5.86. The van der Waals surface area contributed by atoms with Crippen LogP contribution in [0.1, 0.15) is 19.9 Å². The van der Waals surface area contributed by atoms with Gasteiger partial charge in [0, 0.05) is 37.6 Å². The van der Waals surface area contributed by atoms with Crippen molar-refractivity contribution in [1.29, 1.82) is 0 Å². The fourth-order valence-electron chi connectivity index (χ4n) is 3.77. The summed E-state index contributed by atoms with van der Waals surface area (Å²) in [4.78, 5) is 28.9. The summed E-state index contributed by atoms with van der Waals surface area (Å²) in [5.74, 6) is 0.763. The quantitative estimate of drug-likeness (QED) is 0.609. The van der Waals surface area contributed by atoms with E-state index in [-0.39, 0.29) is 11.5 Å². The van der Waals surface area contributed by atoms with E-state index in [2.05, 4.69) is 27.0 Å². The van der Waals surface area contributed by atoms with Crippen LogP contribution >= 0.6 is 0 Å². The van der Waals surface area contributed by atoms with Gasteiger partial charge in [0.2, 0.25) is 0 Å². The molecule has 0 spiro atoms. The normalized spacial score (nSPS) is 15.1. The SMILES string of the molecule is COc1ccc(N2CCN(c3ccc(-n4cnn([C@@H](C)C(C)=O)c4=O)cc3)CC2)cc1. The fraction of sp³-hybridized carbons (Fsp3) is 0.348. The van der Waals surface area contributed by atoms with Crippen molar-refractivity contribution in [2.75, 3.05) is 43.1 Å². The van der Waals surface area contributed by atoms with Crippen molar-refractivity contribution >= 4 is 17.2 Å². The Morgan fingerprint density at radius 2 is 1.39 bits per heavy atom. The second-order valence-corrected chi connectivity index (χ2v) is 7.70. The Kier molecular flexibility index (Phi) is 5.79. The maximum Gasteiger partial charge on any atom is 0.351 e. The average molecular weight is 422 g/mol. The van der Waals surface area contributed by atoms with E-state index in [1.165, 1.54) is 28.2 Å². The van der Waals surface area contributed by atoms with Crippen LogP contribution in [0.5, 0.6) is 5.75 Å². The molecule has 0 aliphatic carbocycles. The Hall–Kier alpha value is -3.55. The molecule has 1 aliphatic heterocycles. The van der Waals surface area contributed by atoms with Crippen LogP contribution in [0, 0.1) is 0 Å². The van der Waals surface area contributed by atoms with E-state index in [1.54, 1.807) is 14.0 Å². The number of methoxy groups -OCH3 is 1. The lowest BCUT2D eigenvalue weighted by Crippen LogP contribution is -2.46. The van der Waals surface area contributed by atoms with Gasteiger partial charge >= 0.3 is 5.69 Å². The lowest BCUT2D eigenvalue weighted by Gasteiger charge is -2.37. The molecule has 0 radical (unpaired) electrons. The van der Waals surface area contributed by atoms with Crippen LogP contribution in [0.2, 0.25) is 0 Å². The van der Waals surface area contributed by atoms with Gasteiger partial charge in [-0.2, -0.15) is 5.10 Å². The highest BCUT2D eigenvalue weighted by atomic mass is 16.5. The third kappa shape index (κ3) is 4.19. The summed E-state index contributed by atoms with van der Waals surface area (Å²) in [6.45, 7) is 6.83. The van der Waals surface area contributed by atoms with Crippen LogP contribution in [-0.4, -0.2) is 53.4 Å². The van der Waals surface area contributed by atoms with Crippen LogP contribution in [0.25, 0.3) is 5.69 Å². The zero-order chi connectivity index (χ0) is 22.0. The molecule has 1 aromatic heterocycles. The number of anilines is 2. The van der Waals surface area contributed by atoms with E-state index in [4.69, 9.17) is 4.74 Å². The van der Waals surface area contributed by atoms with Crippen molar-refractivity contribution in [1.82, 2.24) is 14.3 Å². The molecule has 0 unspecified atom stereocenters. The number of aromatic nitrogens is 3. The van der Waals surface area contributed by atoms with Gasteiger partial charge in [-0.1, -0.05) is 0 Å². The molecule has 0 saturated carbocycles. The van der Waals surface area contributed by atoms with Gasteiger partial charge in [-0.15, -0.1) is 0 Å². The monoisotopic (exact) mass is 421 g/mol. The van der Waals surface area contributed by atoms with Crippen LogP contribution in [0.3, 0.4) is 0 Å². The number of rotatable bonds is 6. The summed E-state index contributed by atoms with van der Waals surface area (Å²) >= 11 is 0. The minimum absolute atomic E-state index is 0.100. The fourth-order valence-corrected chi connectivity index (χ4v) is 3.77. The number of carbonyl (C=O) groups is 1. The zero-order valence-corrected chi connectivity index (χ0v) is 18.1. The molecule has 2 heterocycles. The van der Waals surface area contributed by atoms with Crippen molar-refractivity contribution in [2.45, 2.75) is 19.9 Å². The summed E-state index contributed by atoms with van der Waals surface area (Å²) in [5.41, 5.74) is 2.74. The van der Waals surface area contributed by atoms with E-state index in [1.807, 2.05) is 36.4 Å². The highest BCUT2D eigenvalue weighted by Gasteiger charge is 2.19. The van der Waals surface area contributed by atoms with Crippen LogP contribution in [-0.2, 0) is 4.79 Å². The van der Waals surface area contributed by atoms with Gasteiger partial charge in [0.25, 0.3) is 0 Å². The summed E-state index contributed by atoms with van der Waals surface area (Å²) in [7, 11) is 1.67. The van der Waals surface area contributed by atoms with Gasteiger partial charge in [0.1, 0.15) is 18.1 Å². The number of nitrogens with zero attached hydrogens (tertiary/aromatic N) is 5. The molecule has 1 atom stereocenters. The Balaban J connectivity index is 1.42. The molecule has 0 bridgehead atoms. The van der Waals surface area contributed by atoms with E-state index < -0.39 is 6.04 Å². The maximum atomic E-state index is 12.6. The summed E-state index contributed by atoms with van der Waals surface area (Å²) in [6, 6.07) is 15.5. The molecule has 162 valence electrons. The van der Waals surface area contributed by atoms with Gasteiger partial charge in [0.05, 0.1) is 12.8 Å². The van der Waals surface area contributed by atoms with E-state index in [9.17, 15) is 9.59 Å². The number of piperazine rings is 1. The first kappa shape index (κ1) is 20.7. The molecule has 0 N–H and O–H groups in total. The predicted octanol–water partition coefficient (Wildman–Crippen LogP) is 2.52. The first-order chi connectivity index (χ1) is 15.0. The highest BCUT2D eigenvalue weighted by molar-refractivity contribution is 5.79. The molecule has 8 heteroatoms. The Bertz CT molecular complexity index is 1090. The van der Waals surface area contributed by atoms with E-state index >= 15 is 0 Å². The highest BCUT2D eigenvalue weighted by Crippen LogP contribution is 2.23. The molecular formula is C23H27N5O3. The minimum atomic E-state index is -0.574. The first-order valence-electron chi connectivity index (χ1n) is 10.4. The molecule has 8 nitrogen and oxygen atoms in total. The van der Waals surface area contributed by atoms with Crippen molar-refractivity contribution in [2.24, 2.45) is 0 Å². The molecule has 1 aliphatic rings. The van der Waals surface area contributed by atoms with Crippen LogP contribution < -0.4 is 20.2 Å². The van der Waals surface area contributed by atoms with Crippen molar-refractivity contribution in [3.63, 3.8) is 0 Å². The third-order valence-corrected chi connectivity index (χ3v) is 5.86. The van der Waals surface area contributed by atoms with Crippen molar-refractivity contribution < 1.29 is 9.53 Å². The van der Waals surface area contributed by atoms with E-state index in [0.29, 0.717) is 0 Å². The molecule has 0 amide bonds. The summed E-state index contributed by atoms with van der Waals surface area (Å²) in [5, 5.41) is 4.10. The lowest BCUT2D eigenvalue weighted by atomic mass is 10.2. The molecule has 31 heavy (non-hydrogen) atoms. The largest absolute Gasteiger partial charge is 0.497 e. The molecular weight excluding hydrogens is 394 g/mol. The Morgan fingerprint density at radius 3 is 1.87 bits per heavy atom. The number of ether oxygens (including phenoxy) is 1. The van der Waals surface area contributed by atoms with Crippen LogP contribution in [0.4, 0.5) is 11.4 Å². The molecule has 1 fully saturated rings. The molecule has 1 saturated heterocycles. The Morgan fingerprint density at radius 1 is 0.903 bits per heavy atom. The number of benzene rings is 2. The standard InChI is InChI=1S/C23H27N5O3/c1-17(18(2)29)28-23(30)27(16-24-28)21-6-4-19(5-7-21)25-12-14-26(15-13-25)20-8-10-22(31-3)11-9-20/h4-11,16-17H,12-15H2,1-3H3/t17-/m0/s1. The van der Waals surface area contributed by atoms with Crippen molar-refractivity contribution in [3.05, 3.63) is 65.3 Å².